The lowest BCUT2D eigenvalue weighted by Gasteiger charge is -2.14. The molecule has 0 fully saturated rings. The van der Waals surface area contributed by atoms with E-state index in [1.807, 2.05) is 4.72 Å². The zero-order valence-electron chi connectivity index (χ0n) is 9.84. The molecular formula is C10H10BrClN2O5S. The van der Waals surface area contributed by atoms with Crippen LogP contribution in [-0.2, 0) is 19.6 Å². The predicted molar refractivity (Wildman–Crippen MR) is 74.7 cm³/mol. The van der Waals surface area contributed by atoms with Crippen LogP contribution in [0.2, 0.25) is 5.02 Å². The summed E-state index contributed by atoms with van der Waals surface area (Å²) in [4.78, 5) is 21.4. The molecule has 0 aliphatic carbocycles. The molecule has 0 aliphatic rings. The van der Waals surface area contributed by atoms with Crippen molar-refractivity contribution in [3.8, 4) is 0 Å². The summed E-state index contributed by atoms with van der Waals surface area (Å²) in [5.74, 6) is -2.46. The number of benzene rings is 1. The summed E-state index contributed by atoms with van der Waals surface area (Å²) >= 11 is 8.91. The molecule has 0 bridgehead atoms. The van der Waals surface area contributed by atoms with Gasteiger partial charge in [0.25, 0.3) is 0 Å². The van der Waals surface area contributed by atoms with Gasteiger partial charge in [0.2, 0.25) is 15.9 Å². The Morgan fingerprint density at radius 1 is 1.45 bits per heavy atom. The average molecular weight is 386 g/mol. The number of primary amides is 1. The maximum atomic E-state index is 12.0. The van der Waals surface area contributed by atoms with E-state index >= 15 is 0 Å². The molecule has 4 N–H and O–H groups in total. The topological polar surface area (TPSA) is 127 Å². The van der Waals surface area contributed by atoms with Crippen molar-refractivity contribution in [1.29, 1.82) is 0 Å². The van der Waals surface area contributed by atoms with Crippen molar-refractivity contribution in [3.63, 3.8) is 0 Å². The Hall–Kier alpha value is -1.16. The first-order valence-electron chi connectivity index (χ1n) is 5.12. The van der Waals surface area contributed by atoms with Gasteiger partial charge in [0, 0.05) is 4.47 Å². The summed E-state index contributed by atoms with van der Waals surface area (Å²) in [5.41, 5.74) is 4.87. The van der Waals surface area contributed by atoms with Gasteiger partial charge in [-0.3, -0.25) is 9.59 Å². The first-order chi connectivity index (χ1) is 9.13. The zero-order valence-corrected chi connectivity index (χ0v) is 13.0. The standard InChI is InChI=1S/C10H10BrClN2O5S/c11-5-1-2-8(6(12)3-5)20(18,19)14-7(10(16)17)4-9(13)15/h1-3,7,14H,4H2,(H2,13,15)(H,16,17)/t7-/m0/s1. The molecule has 20 heavy (non-hydrogen) atoms. The van der Waals surface area contributed by atoms with E-state index in [9.17, 15) is 18.0 Å². The molecular weight excluding hydrogens is 376 g/mol. The minimum absolute atomic E-state index is 0.0879. The smallest absolute Gasteiger partial charge is 0.322 e. The highest BCUT2D eigenvalue weighted by atomic mass is 79.9. The predicted octanol–water partition coefficient (Wildman–Crippen LogP) is 0.709. The molecule has 7 nitrogen and oxygen atoms in total. The van der Waals surface area contributed by atoms with E-state index in [-0.39, 0.29) is 9.92 Å². The van der Waals surface area contributed by atoms with E-state index < -0.39 is 34.4 Å². The van der Waals surface area contributed by atoms with E-state index in [4.69, 9.17) is 22.4 Å². The van der Waals surface area contributed by atoms with Crippen LogP contribution in [0.1, 0.15) is 6.42 Å². The fourth-order valence-electron chi connectivity index (χ4n) is 1.32. The average Bonchev–Trinajstić information content (AvgIpc) is 2.26. The quantitative estimate of drug-likeness (QED) is 0.664. The van der Waals surface area contributed by atoms with Crippen LogP contribution in [0.25, 0.3) is 0 Å². The molecule has 0 aromatic heterocycles. The van der Waals surface area contributed by atoms with Crippen LogP contribution in [0.15, 0.2) is 27.6 Å². The highest BCUT2D eigenvalue weighted by Crippen LogP contribution is 2.25. The summed E-state index contributed by atoms with van der Waals surface area (Å²) in [6, 6.07) is 2.33. The number of carbonyl (C=O) groups is 2. The van der Waals surface area contributed by atoms with Gasteiger partial charge in [-0.05, 0) is 18.2 Å². The summed E-state index contributed by atoms with van der Waals surface area (Å²) in [6.45, 7) is 0. The minimum Gasteiger partial charge on any atom is -0.480 e. The molecule has 0 saturated heterocycles. The lowest BCUT2D eigenvalue weighted by Crippen LogP contribution is -2.43. The lowest BCUT2D eigenvalue weighted by atomic mass is 10.2. The van der Waals surface area contributed by atoms with E-state index in [0.717, 1.165) is 0 Å². The van der Waals surface area contributed by atoms with E-state index in [0.29, 0.717) is 4.47 Å². The summed E-state index contributed by atoms with van der Waals surface area (Å²) < 4.78 is 26.5. The van der Waals surface area contributed by atoms with Crippen LogP contribution in [0, 0.1) is 0 Å². The summed E-state index contributed by atoms with van der Waals surface area (Å²) in [7, 11) is -4.19. The Bertz CT molecular complexity index is 649. The molecule has 1 aromatic carbocycles. The van der Waals surface area contributed by atoms with Crippen LogP contribution in [0.3, 0.4) is 0 Å². The number of aliphatic carboxylic acids is 1. The van der Waals surface area contributed by atoms with E-state index in [1.54, 1.807) is 0 Å². The SMILES string of the molecule is NC(=O)C[C@H](NS(=O)(=O)c1ccc(Br)cc1Cl)C(=O)O. The Morgan fingerprint density at radius 3 is 2.50 bits per heavy atom. The molecule has 10 heteroatoms. The van der Waals surface area contributed by atoms with Gasteiger partial charge in [0.1, 0.15) is 10.9 Å². The third-order valence-electron chi connectivity index (χ3n) is 2.18. The fourth-order valence-corrected chi connectivity index (χ4v) is 3.55. The Kier molecular flexibility index (Phi) is 5.51. The van der Waals surface area contributed by atoms with Crippen LogP contribution < -0.4 is 10.5 Å². The summed E-state index contributed by atoms with van der Waals surface area (Å²) in [6.07, 6.45) is -0.664. The molecule has 110 valence electrons. The zero-order chi connectivity index (χ0) is 15.5. The van der Waals surface area contributed by atoms with E-state index in [2.05, 4.69) is 15.9 Å². The number of hydrogen-bond acceptors (Lipinski definition) is 4. The van der Waals surface area contributed by atoms with Crippen molar-refractivity contribution in [2.75, 3.05) is 0 Å². The molecule has 1 aromatic rings. The van der Waals surface area contributed by atoms with Crippen LogP contribution in [0.4, 0.5) is 0 Å². The number of amides is 1. The first-order valence-corrected chi connectivity index (χ1v) is 7.77. The van der Waals surface area contributed by atoms with Crippen molar-refractivity contribution < 1.29 is 23.1 Å². The third kappa shape index (κ3) is 4.44. The van der Waals surface area contributed by atoms with Gasteiger partial charge in [0.05, 0.1) is 11.4 Å². The maximum absolute atomic E-state index is 12.0. The van der Waals surface area contributed by atoms with Crippen LogP contribution >= 0.6 is 27.5 Å². The number of rotatable bonds is 6. The van der Waals surface area contributed by atoms with Crippen LogP contribution in [0.5, 0.6) is 0 Å². The largest absolute Gasteiger partial charge is 0.480 e. The molecule has 1 rings (SSSR count). The molecule has 0 heterocycles. The van der Waals surface area contributed by atoms with Gasteiger partial charge in [-0.25, -0.2) is 8.42 Å². The number of nitrogens with two attached hydrogens (primary N) is 1. The van der Waals surface area contributed by atoms with Crippen molar-refractivity contribution in [3.05, 3.63) is 27.7 Å². The van der Waals surface area contributed by atoms with Gasteiger partial charge < -0.3 is 10.8 Å². The minimum atomic E-state index is -4.19. The van der Waals surface area contributed by atoms with Gasteiger partial charge in [0.15, 0.2) is 0 Å². The lowest BCUT2D eigenvalue weighted by molar-refractivity contribution is -0.140. The number of hydrogen-bond donors (Lipinski definition) is 3. The van der Waals surface area contributed by atoms with Crippen molar-refractivity contribution in [2.24, 2.45) is 5.73 Å². The first kappa shape index (κ1) is 16.9. The van der Waals surface area contributed by atoms with Gasteiger partial charge in [-0.2, -0.15) is 4.72 Å². The Balaban J connectivity index is 3.09. The summed E-state index contributed by atoms with van der Waals surface area (Å²) in [5, 5.41) is 8.78. The van der Waals surface area contributed by atoms with Crippen molar-refractivity contribution >= 4 is 49.4 Å². The number of halogens is 2. The number of carboxylic acids is 1. The van der Waals surface area contributed by atoms with Crippen LogP contribution in [-0.4, -0.2) is 31.4 Å². The monoisotopic (exact) mass is 384 g/mol. The van der Waals surface area contributed by atoms with Gasteiger partial charge in [-0.1, -0.05) is 27.5 Å². The van der Waals surface area contributed by atoms with Gasteiger partial charge in [-0.15, -0.1) is 0 Å². The van der Waals surface area contributed by atoms with Crippen molar-refractivity contribution in [1.82, 2.24) is 4.72 Å². The number of carbonyl (C=O) groups excluding carboxylic acids is 1. The van der Waals surface area contributed by atoms with E-state index in [1.165, 1.54) is 18.2 Å². The molecule has 0 saturated carbocycles. The second-order valence-corrected chi connectivity index (χ2v) is 6.76. The highest BCUT2D eigenvalue weighted by Gasteiger charge is 2.28. The maximum Gasteiger partial charge on any atom is 0.322 e. The second-order valence-electron chi connectivity index (χ2n) is 3.76. The second kappa shape index (κ2) is 6.53. The molecule has 1 atom stereocenters. The molecule has 0 radical (unpaired) electrons. The fraction of sp³-hybridized carbons (Fsp3) is 0.200. The highest BCUT2D eigenvalue weighted by molar-refractivity contribution is 9.10. The third-order valence-corrected chi connectivity index (χ3v) is 4.63. The Morgan fingerprint density at radius 2 is 2.05 bits per heavy atom. The molecule has 0 unspecified atom stereocenters. The molecule has 0 aliphatic heterocycles. The number of nitrogens with one attached hydrogen (secondary N) is 1. The molecule has 0 spiro atoms. The molecule has 1 amide bonds. The Labute approximate surface area is 128 Å². The normalized spacial score (nSPS) is 12.9. The van der Waals surface area contributed by atoms with Crippen molar-refractivity contribution in [2.45, 2.75) is 17.4 Å². The number of carboxylic acid groups (broad SMARTS) is 1. The van der Waals surface area contributed by atoms with Gasteiger partial charge >= 0.3 is 5.97 Å². The number of sulfonamides is 1.